The zero-order valence-electron chi connectivity index (χ0n) is 19.5. The monoisotopic (exact) mass is 483 g/mol. The van der Waals surface area contributed by atoms with Crippen LogP contribution < -0.4 is 20.1 Å². The van der Waals surface area contributed by atoms with E-state index in [0.29, 0.717) is 18.5 Å². The van der Waals surface area contributed by atoms with Crippen molar-refractivity contribution < 1.29 is 14.3 Å². The van der Waals surface area contributed by atoms with E-state index in [0.717, 1.165) is 49.6 Å². The van der Waals surface area contributed by atoms with Gasteiger partial charge in [0.25, 0.3) is 5.91 Å². The number of amides is 1. The van der Waals surface area contributed by atoms with Crippen LogP contribution in [-0.4, -0.2) is 31.7 Å². The molecule has 0 saturated heterocycles. The molecule has 2 heterocycles. The lowest BCUT2D eigenvalue weighted by molar-refractivity contribution is 0.0946. The number of ether oxygens (including phenoxy) is 2. The average Bonchev–Trinajstić information content (AvgIpc) is 2.89. The van der Waals surface area contributed by atoms with Crippen molar-refractivity contribution in [3.63, 3.8) is 0 Å². The maximum absolute atomic E-state index is 12.7. The fourth-order valence-corrected chi connectivity index (χ4v) is 4.96. The number of carbonyl (C=O) groups is 1. The number of nitrogens with one attached hydrogen (secondary N) is 2. The first-order valence-corrected chi connectivity index (χ1v) is 12.1. The van der Waals surface area contributed by atoms with Crippen LogP contribution >= 0.6 is 11.8 Å². The smallest absolute Gasteiger partial charge is 0.255 e. The van der Waals surface area contributed by atoms with E-state index < -0.39 is 0 Å². The second-order valence-corrected chi connectivity index (χ2v) is 9.20. The summed E-state index contributed by atoms with van der Waals surface area (Å²) in [7, 11) is 3.30. The Labute approximate surface area is 208 Å². The number of fused-ring (bicyclic) bond motifs is 1. The number of carbonyl (C=O) groups excluding carboxylic acids is 1. The largest absolute Gasteiger partial charge is 0.497 e. The van der Waals surface area contributed by atoms with Crippen LogP contribution in [0.5, 0.6) is 11.5 Å². The van der Waals surface area contributed by atoms with Crippen molar-refractivity contribution in [2.45, 2.75) is 16.2 Å². The van der Waals surface area contributed by atoms with Crippen LogP contribution in [0.3, 0.4) is 0 Å². The summed E-state index contributed by atoms with van der Waals surface area (Å²) in [5.74, 6) is 1.46. The second-order valence-electron chi connectivity index (χ2n) is 8.05. The number of rotatable bonds is 7. The van der Waals surface area contributed by atoms with Crippen molar-refractivity contribution in [3.8, 4) is 22.8 Å². The lowest BCUT2D eigenvalue weighted by Crippen LogP contribution is -2.33. The van der Waals surface area contributed by atoms with Crippen LogP contribution in [0.4, 0.5) is 11.4 Å². The number of aromatic nitrogens is 1. The van der Waals surface area contributed by atoms with Gasteiger partial charge < -0.3 is 20.1 Å². The maximum Gasteiger partial charge on any atom is 0.255 e. The number of pyridine rings is 1. The Morgan fingerprint density at radius 1 is 0.886 bits per heavy atom. The van der Waals surface area contributed by atoms with Gasteiger partial charge in [-0.15, -0.1) is 0 Å². The number of nitrogens with zero attached hydrogens (tertiary/aromatic N) is 1. The van der Waals surface area contributed by atoms with Crippen molar-refractivity contribution in [1.82, 2.24) is 10.3 Å². The minimum absolute atomic E-state index is 0.113. The molecule has 0 aliphatic carbocycles. The molecule has 0 atom stereocenters. The Balaban J connectivity index is 1.52. The summed E-state index contributed by atoms with van der Waals surface area (Å²) < 4.78 is 10.7. The Kier molecular flexibility index (Phi) is 6.59. The van der Waals surface area contributed by atoms with Gasteiger partial charge in [-0.2, -0.15) is 0 Å². The van der Waals surface area contributed by atoms with Gasteiger partial charge in [0.15, 0.2) is 0 Å². The highest BCUT2D eigenvalue weighted by molar-refractivity contribution is 7.99. The summed E-state index contributed by atoms with van der Waals surface area (Å²) in [4.78, 5) is 19.8. The molecular weight excluding hydrogens is 458 g/mol. The molecule has 0 spiro atoms. The Morgan fingerprint density at radius 2 is 1.60 bits per heavy atom. The number of hydrogen-bond donors (Lipinski definition) is 2. The molecular formula is C28H25N3O3S. The molecule has 1 aliphatic heterocycles. The van der Waals surface area contributed by atoms with Crippen LogP contribution in [-0.2, 0) is 6.42 Å². The van der Waals surface area contributed by atoms with E-state index in [4.69, 9.17) is 14.5 Å². The lowest BCUT2D eigenvalue weighted by Gasteiger charge is -2.21. The van der Waals surface area contributed by atoms with Crippen molar-refractivity contribution in [1.29, 1.82) is 0 Å². The fraction of sp³-hybridized carbons (Fsp3) is 0.143. The highest BCUT2D eigenvalue weighted by atomic mass is 32.2. The molecule has 176 valence electrons. The van der Waals surface area contributed by atoms with Crippen LogP contribution in [0.15, 0.2) is 88.7 Å². The molecule has 6 nitrogen and oxygen atoms in total. The molecule has 7 heteroatoms. The number of methoxy groups -OCH3 is 2. The standard InChI is InChI=1S/C28H25N3O3S/c1-33-20-8-4-7-19(15-20)30-26-17-25(31-24-12-13-29-28(32)27(24)26)18-6-3-10-22(14-18)35-23-11-5-9-21(16-23)34-2/h3-11,14-17H,12-13H2,1-2H3,(H,29,32)(H,30,31). The van der Waals surface area contributed by atoms with E-state index in [1.54, 1.807) is 26.0 Å². The lowest BCUT2D eigenvalue weighted by atomic mass is 10.0. The molecule has 2 N–H and O–H groups in total. The molecule has 1 aromatic heterocycles. The first-order valence-electron chi connectivity index (χ1n) is 11.3. The predicted octanol–water partition coefficient (Wildman–Crippen LogP) is 5.95. The molecule has 35 heavy (non-hydrogen) atoms. The van der Waals surface area contributed by atoms with E-state index >= 15 is 0 Å². The van der Waals surface area contributed by atoms with Crippen LogP contribution in [0.25, 0.3) is 11.3 Å². The molecule has 1 aliphatic rings. The van der Waals surface area contributed by atoms with E-state index in [-0.39, 0.29) is 5.91 Å². The van der Waals surface area contributed by atoms with Crippen molar-refractivity contribution in [2.75, 3.05) is 26.1 Å². The molecule has 0 unspecified atom stereocenters. The summed E-state index contributed by atoms with van der Waals surface area (Å²) in [5.41, 5.74) is 4.75. The Morgan fingerprint density at radius 3 is 2.40 bits per heavy atom. The molecule has 0 radical (unpaired) electrons. The summed E-state index contributed by atoms with van der Waals surface area (Å²) >= 11 is 1.66. The normalized spacial score (nSPS) is 12.5. The average molecular weight is 484 g/mol. The number of hydrogen-bond acceptors (Lipinski definition) is 6. The van der Waals surface area contributed by atoms with Crippen molar-refractivity contribution >= 4 is 29.0 Å². The zero-order valence-corrected chi connectivity index (χ0v) is 20.3. The van der Waals surface area contributed by atoms with Gasteiger partial charge in [0.1, 0.15) is 11.5 Å². The summed E-state index contributed by atoms with van der Waals surface area (Å²) in [6, 6.07) is 25.9. The van der Waals surface area contributed by atoms with Gasteiger partial charge in [-0.1, -0.05) is 36.0 Å². The van der Waals surface area contributed by atoms with Crippen LogP contribution in [0.2, 0.25) is 0 Å². The quantitative estimate of drug-likeness (QED) is 0.339. The van der Waals surface area contributed by atoms with E-state index in [9.17, 15) is 4.79 Å². The summed E-state index contributed by atoms with van der Waals surface area (Å²) in [6.07, 6.45) is 0.681. The van der Waals surface area contributed by atoms with Crippen molar-refractivity contribution in [3.05, 3.63) is 90.1 Å². The van der Waals surface area contributed by atoms with E-state index in [1.165, 1.54) is 0 Å². The first kappa shape index (κ1) is 22.8. The maximum atomic E-state index is 12.7. The molecule has 0 fully saturated rings. The predicted molar refractivity (Wildman–Crippen MR) is 139 cm³/mol. The number of anilines is 2. The van der Waals surface area contributed by atoms with Crippen LogP contribution in [0, 0.1) is 0 Å². The molecule has 0 bridgehead atoms. The third kappa shape index (κ3) is 5.10. The van der Waals surface area contributed by atoms with Gasteiger partial charge in [-0.05, 0) is 48.5 Å². The van der Waals surface area contributed by atoms with Crippen molar-refractivity contribution in [2.24, 2.45) is 0 Å². The highest BCUT2D eigenvalue weighted by Gasteiger charge is 2.23. The van der Waals surface area contributed by atoms with E-state index in [2.05, 4.69) is 28.8 Å². The van der Waals surface area contributed by atoms with Gasteiger partial charge in [0.05, 0.1) is 36.9 Å². The van der Waals surface area contributed by atoms with Gasteiger partial charge >= 0.3 is 0 Å². The molecule has 4 aromatic rings. The fourth-order valence-electron chi connectivity index (χ4n) is 4.04. The topological polar surface area (TPSA) is 72.5 Å². The van der Waals surface area contributed by atoms with Gasteiger partial charge in [0, 0.05) is 40.1 Å². The third-order valence-electron chi connectivity index (χ3n) is 5.72. The SMILES string of the molecule is COc1cccc(Nc2cc(-c3cccc(Sc4cccc(OC)c4)c3)nc3c2C(=O)NCC3)c1. The highest BCUT2D eigenvalue weighted by Crippen LogP contribution is 2.35. The minimum atomic E-state index is -0.113. The second kappa shape index (κ2) is 10.1. The van der Waals surface area contributed by atoms with Crippen LogP contribution in [0.1, 0.15) is 16.1 Å². The minimum Gasteiger partial charge on any atom is -0.497 e. The van der Waals surface area contributed by atoms with Gasteiger partial charge in [-0.3, -0.25) is 9.78 Å². The third-order valence-corrected chi connectivity index (χ3v) is 6.70. The molecule has 1 amide bonds. The Hall–Kier alpha value is -3.97. The number of benzene rings is 3. The summed E-state index contributed by atoms with van der Waals surface area (Å²) in [5, 5.41) is 6.35. The molecule has 0 saturated carbocycles. The van der Waals surface area contributed by atoms with E-state index in [1.807, 2.05) is 60.7 Å². The Bertz CT molecular complexity index is 1390. The molecule has 5 rings (SSSR count). The first-order chi connectivity index (χ1) is 17.1. The van der Waals surface area contributed by atoms with Gasteiger partial charge in [-0.25, -0.2) is 0 Å². The zero-order chi connectivity index (χ0) is 24.2. The molecule has 3 aromatic carbocycles. The van der Waals surface area contributed by atoms with Gasteiger partial charge in [0.2, 0.25) is 0 Å². The summed E-state index contributed by atoms with van der Waals surface area (Å²) in [6.45, 7) is 0.576.